The van der Waals surface area contributed by atoms with Crippen LogP contribution in [-0.2, 0) is 14.4 Å². The molecule has 1 spiro atoms. The van der Waals surface area contributed by atoms with Crippen LogP contribution < -0.4 is 14.8 Å². The summed E-state index contributed by atoms with van der Waals surface area (Å²) in [6.45, 7) is 0.0853. The third-order valence-electron chi connectivity index (χ3n) is 7.74. The molecule has 6 rings (SSSR count). The molecule has 1 saturated carbocycles. The minimum Gasteiger partial charge on any atom is -0.454 e. The number of nitrogens with zero attached hydrogens (tertiary/aromatic N) is 1. The summed E-state index contributed by atoms with van der Waals surface area (Å²) in [6.07, 6.45) is 11.5. The van der Waals surface area contributed by atoms with Gasteiger partial charge in [-0.2, -0.15) is 0 Å². The van der Waals surface area contributed by atoms with Gasteiger partial charge in [0.15, 0.2) is 17.3 Å². The van der Waals surface area contributed by atoms with Gasteiger partial charge < -0.3 is 19.7 Å². The number of benzene rings is 2. The third-order valence-corrected chi connectivity index (χ3v) is 9.42. The topological polar surface area (TPSA) is 84.9 Å². The number of amides is 2. The number of nitrogens with one attached hydrogen (secondary N) is 1. The number of carbonyl (C=O) groups is 3. The normalized spacial score (nSPS) is 20.7. The van der Waals surface area contributed by atoms with Crippen LogP contribution in [0, 0.1) is 0 Å². The van der Waals surface area contributed by atoms with Crippen molar-refractivity contribution in [3.63, 3.8) is 0 Å². The smallest absolute Gasteiger partial charge is 0.262 e. The van der Waals surface area contributed by atoms with Gasteiger partial charge in [0.25, 0.3) is 5.91 Å². The van der Waals surface area contributed by atoms with Crippen molar-refractivity contribution in [2.24, 2.45) is 0 Å². The lowest BCUT2D eigenvalue weighted by Gasteiger charge is -2.42. The molecule has 4 aliphatic rings. The predicted octanol–water partition coefficient (Wildman–Crippen LogP) is 5.79. The number of hydrogen-bond donors (Lipinski definition) is 1. The van der Waals surface area contributed by atoms with E-state index in [1.165, 1.54) is 12.2 Å². The summed E-state index contributed by atoms with van der Waals surface area (Å²) in [4.78, 5) is 42.5. The molecule has 0 aromatic heterocycles. The molecule has 2 aromatic carbocycles. The summed E-state index contributed by atoms with van der Waals surface area (Å²) >= 11 is 5.72. The van der Waals surface area contributed by atoms with Gasteiger partial charge in [-0.25, -0.2) is 0 Å². The van der Waals surface area contributed by atoms with E-state index in [1.54, 1.807) is 29.2 Å². The molecule has 1 N–H and O–H groups in total. The maximum Gasteiger partial charge on any atom is 0.262 e. The highest BCUT2D eigenvalue weighted by Gasteiger charge is 2.54. The zero-order valence-electron chi connectivity index (χ0n) is 21.0. The highest BCUT2D eigenvalue weighted by Crippen LogP contribution is 2.52. The average Bonchev–Trinajstić information content (AvgIpc) is 3.48. The van der Waals surface area contributed by atoms with Gasteiger partial charge in [-0.3, -0.25) is 14.4 Å². The van der Waals surface area contributed by atoms with Crippen molar-refractivity contribution in [2.45, 2.75) is 49.7 Å². The fourth-order valence-electron chi connectivity index (χ4n) is 5.89. The van der Waals surface area contributed by atoms with Gasteiger partial charge in [0, 0.05) is 21.7 Å². The number of rotatable bonds is 5. The molecule has 2 aromatic rings. The Hall–Kier alpha value is -2.92. The highest BCUT2D eigenvalue weighted by atomic mass is 127. The van der Waals surface area contributed by atoms with E-state index in [2.05, 4.69) is 43.8 Å². The number of ether oxygens (including phenoxy) is 2. The second-order valence-electron chi connectivity index (χ2n) is 10.1. The Bertz CT molecular complexity index is 1430. The molecule has 2 heterocycles. The van der Waals surface area contributed by atoms with Crippen LogP contribution in [0.3, 0.4) is 0 Å². The van der Waals surface area contributed by atoms with E-state index in [-0.39, 0.29) is 30.4 Å². The van der Waals surface area contributed by atoms with Crippen molar-refractivity contribution < 1.29 is 23.9 Å². The van der Waals surface area contributed by atoms with Crippen LogP contribution in [0.4, 0.5) is 0 Å². The van der Waals surface area contributed by atoms with Gasteiger partial charge in [-0.05, 0) is 77.4 Å². The molecule has 1 atom stereocenters. The van der Waals surface area contributed by atoms with Gasteiger partial charge in [0.2, 0.25) is 12.7 Å². The van der Waals surface area contributed by atoms with E-state index < -0.39 is 11.6 Å². The van der Waals surface area contributed by atoms with Crippen LogP contribution in [0.5, 0.6) is 11.5 Å². The lowest BCUT2D eigenvalue weighted by atomic mass is 9.81. The first-order chi connectivity index (χ1) is 18.9. The van der Waals surface area contributed by atoms with Gasteiger partial charge in [-0.15, -0.1) is 0 Å². The summed E-state index contributed by atoms with van der Waals surface area (Å²) in [5, 5.41) is 3.25. The van der Waals surface area contributed by atoms with Crippen LogP contribution in [0.15, 0.2) is 74.8 Å². The maximum atomic E-state index is 14.3. The molecule has 200 valence electrons. The molecular weight excluding hydrogens is 675 g/mol. The lowest BCUT2D eigenvalue weighted by Crippen LogP contribution is -2.53. The molecule has 7 nitrogen and oxygen atoms in total. The number of carbonyl (C=O) groups excluding carboxylic acids is 3. The number of ketones is 1. The fourth-order valence-corrected chi connectivity index (χ4v) is 7.44. The third kappa shape index (κ3) is 4.63. The summed E-state index contributed by atoms with van der Waals surface area (Å²) in [5.74, 6) is 0.355. The quantitative estimate of drug-likeness (QED) is 0.400. The number of fused-ring (bicyclic) bond motifs is 1. The SMILES string of the molecule is O=C1C=CC2(C=C1)C(c1ccccc1)=C(I)C(=O)N2C(C(=O)NC1CCCCC1)c1cc2c(cc1Br)OCO2. The largest absolute Gasteiger partial charge is 0.454 e. The van der Waals surface area contributed by atoms with Crippen LogP contribution >= 0.6 is 38.5 Å². The second-order valence-corrected chi connectivity index (χ2v) is 12.0. The van der Waals surface area contributed by atoms with E-state index in [4.69, 9.17) is 9.47 Å². The Morgan fingerprint density at radius 1 is 1.03 bits per heavy atom. The van der Waals surface area contributed by atoms with Gasteiger partial charge >= 0.3 is 0 Å². The molecule has 0 bridgehead atoms. The summed E-state index contributed by atoms with van der Waals surface area (Å²) in [7, 11) is 0. The van der Waals surface area contributed by atoms with E-state index in [1.807, 2.05) is 30.3 Å². The second kappa shape index (κ2) is 10.6. The van der Waals surface area contributed by atoms with Crippen molar-refractivity contribution in [1.29, 1.82) is 0 Å². The Labute approximate surface area is 248 Å². The fraction of sp³-hybridized carbons (Fsp3) is 0.300. The summed E-state index contributed by atoms with van der Waals surface area (Å²) in [5.41, 5.74) is 1.02. The Morgan fingerprint density at radius 2 is 1.69 bits per heavy atom. The van der Waals surface area contributed by atoms with Crippen molar-refractivity contribution in [3.8, 4) is 11.5 Å². The average molecular weight is 701 g/mol. The summed E-state index contributed by atoms with van der Waals surface area (Å²) in [6, 6.07) is 12.2. The van der Waals surface area contributed by atoms with E-state index >= 15 is 0 Å². The standard InChI is InChI=1S/C30H26BrIN2O5/c31-22-16-24-23(38-17-39-24)15-21(22)27(28(36)33-19-9-5-2-6-10-19)34-29(37)26(32)25(18-7-3-1-4-8-18)30(34)13-11-20(35)12-14-30/h1,3-4,7-8,11-16,19,27H,2,5-6,9-10,17H2,(H,33,36). The Balaban J connectivity index is 1.52. The van der Waals surface area contributed by atoms with Crippen LogP contribution in [-0.4, -0.2) is 40.9 Å². The van der Waals surface area contributed by atoms with E-state index in [9.17, 15) is 14.4 Å². The van der Waals surface area contributed by atoms with Crippen molar-refractivity contribution in [2.75, 3.05) is 6.79 Å². The predicted molar refractivity (Wildman–Crippen MR) is 158 cm³/mol. The van der Waals surface area contributed by atoms with Crippen molar-refractivity contribution >= 4 is 61.7 Å². The molecule has 1 fully saturated rings. The number of hydrogen-bond acceptors (Lipinski definition) is 5. The Morgan fingerprint density at radius 3 is 2.38 bits per heavy atom. The van der Waals surface area contributed by atoms with Crippen LogP contribution in [0.25, 0.3) is 5.57 Å². The molecule has 9 heteroatoms. The lowest BCUT2D eigenvalue weighted by molar-refractivity contribution is -0.139. The van der Waals surface area contributed by atoms with Crippen molar-refractivity contribution in [1.82, 2.24) is 10.2 Å². The monoisotopic (exact) mass is 700 g/mol. The minimum absolute atomic E-state index is 0.0369. The first-order valence-corrected chi connectivity index (χ1v) is 14.9. The molecule has 0 radical (unpaired) electrons. The van der Waals surface area contributed by atoms with Gasteiger partial charge in [0.1, 0.15) is 11.6 Å². The first-order valence-electron chi connectivity index (χ1n) is 13.0. The molecule has 1 unspecified atom stereocenters. The minimum atomic E-state index is -1.15. The molecule has 39 heavy (non-hydrogen) atoms. The highest BCUT2D eigenvalue weighted by molar-refractivity contribution is 14.1. The van der Waals surface area contributed by atoms with Gasteiger partial charge in [-0.1, -0.05) is 65.5 Å². The first kappa shape index (κ1) is 26.3. The molecular formula is C30H26BrIN2O5. The number of allylic oxidation sites excluding steroid dienone is 2. The molecule has 2 aliphatic carbocycles. The zero-order chi connectivity index (χ0) is 27.1. The Kier molecular flexibility index (Phi) is 7.13. The van der Waals surface area contributed by atoms with E-state index in [0.717, 1.165) is 43.2 Å². The molecule has 2 amide bonds. The number of halogens is 2. The summed E-state index contributed by atoms with van der Waals surface area (Å²) < 4.78 is 12.3. The van der Waals surface area contributed by atoms with E-state index in [0.29, 0.717) is 25.1 Å². The zero-order valence-corrected chi connectivity index (χ0v) is 24.7. The van der Waals surface area contributed by atoms with Gasteiger partial charge in [0.05, 0.1) is 3.58 Å². The molecule has 2 aliphatic heterocycles. The van der Waals surface area contributed by atoms with Crippen molar-refractivity contribution in [3.05, 3.63) is 85.9 Å². The molecule has 0 saturated heterocycles. The maximum absolute atomic E-state index is 14.3. The van der Waals surface area contributed by atoms with Crippen LogP contribution in [0.1, 0.15) is 49.3 Å². The van der Waals surface area contributed by atoms with Crippen LogP contribution in [0.2, 0.25) is 0 Å².